The third-order valence-corrected chi connectivity index (χ3v) is 4.32. The molecule has 0 aromatic heterocycles. The maximum atomic E-state index is 12.1. The Hall–Kier alpha value is -2.51. The SMILES string of the molecule is COCCOC(=O)Nc1cccc(NC(=O)CSc2ccc(C)cc2)c1. The first-order valence-corrected chi connectivity index (χ1v) is 9.07. The van der Waals surface area contributed by atoms with E-state index in [4.69, 9.17) is 9.47 Å². The van der Waals surface area contributed by atoms with Crippen LogP contribution in [0.4, 0.5) is 16.2 Å². The fourth-order valence-corrected chi connectivity index (χ4v) is 2.73. The number of carbonyl (C=O) groups excluding carboxylic acids is 2. The molecule has 2 amide bonds. The van der Waals surface area contributed by atoms with Crippen molar-refractivity contribution in [2.24, 2.45) is 0 Å². The number of thioether (sulfide) groups is 1. The maximum absolute atomic E-state index is 12.1. The molecule has 26 heavy (non-hydrogen) atoms. The molecule has 2 aromatic rings. The fourth-order valence-electron chi connectivity index (χ4n) is 2.03. The average Bonchev–Trinajstić information content (AvgIpc) is 2.62. The second-order valence-corrected chi connectivity index (χ2v) is 6.53. The number of ether oxygens (including phenoxy) is 2. The first kappa shape index (κ1) is 19.8. The number of methoxy groups -OCH3 is 1. The minimum Gasteiger partial charge on any atom is -0.447 e. The predicted octanol–water partition coefficient (Wildman–Crippen LogP) is 3.92. The van der Waals surface area contributed by atoms with E-state index in [2.05, 4.69) is 10.6 Å². The quantitative estimate of drug-likeness (QED) is 0.541. The van der Waals surface area contributed by atoms with Crippen molar-refractivity contribution < 1.29 is 19.1 Å². The molecule has 0 spiro atoms. The molecule has 0 saturated carbocycles. The first-order valence-electron chi connectivity index (χ1n) is 8.09. The molecule has 0 atom stereocenters. The van der Waals surface area contributed by atoms with Crippen molar-refractivity contribution in [3.63, 3.8) is 0 Å². The second kappa shape index (κ2) is 10.5. The van der Waals surface area contributed by atoms with E-state index in [1.54, 1.807) is 24.3 Å². The Morgan fingerprint density at radius 3 is 2.38 bits per heavy atom. The zero-order valence-electron chi connectivity index (χ0n) is 14.8. The molecule has 0 bridgehead atoms. The van der Waals surface area contributed by atoms with E-state index in [0.717, 1.165) is 4.90 Å². The Morgan fingerprint density at radius 1 is 1.00 bits per heavy atom. The first-order chi connectivity index (χ1) is 12.6. The van der Waals surface area contributed by atoms with Crippen LogP contribution < -0.4 is 10.6 Å². The van der Waals surface area contributed by atoms with E-state index in [-0.39, 0.29) is 12.5 Å². The lowest BCUT2D eigenvalue weighted by molar-refractivity contribution is -0.113. The Labute approximate surface area is 157 Å². The molecule has 0 radical (unpaired) electrons. The molecular weight excluding hydrogens is 352 g/mol. The van der Waals surface area contributed by atoms with Gasteiger partial charge in [-0.25, -0.2) is 4.79 Å². The standard InChI is InChI=1S/C19H22N2O4S/c1-14-6-8-17(9-7-14)26-13-18(22)20-15-4-3-5-16(12-15)21-19(23)25-11-10-24-2/h3-9,12H,10-11,13H2,1-2H3,(H,20,22)(H,21,23). The van der Waals surface area contributed by atoms with Gasteiger partial charge in [-0.15, -0.1) is 11.8 Å². The lowest BCUT2D eigenvalue weighted by Gasteiger charge is -2.09. The highest BCUT2D eigenvalue weighted by Crippen LogP contribution is 2.20. The molecule has 0 unspecified atom stereocenters. The summed E-state index contributed by atoms with van der Waals surface area (Å²) in [6.45, 7) is 2.53. The van der Waals surface area contributed by atoms with Crippen LogP contribution in [0.15, 0.2) is 53.4 Å². The van der Waals surface area contributed by atoms with Gasteiger partial charge in [-0.3, -0.25) is 10.1 Å². The number of carbonyl (C=O) groups is 2. The smallest absolute Gasteiger partial charge is 0.411 e. The molecule has 138 valence electrons. The third-order valence-electron chi connectivity index (χ3n) is 3.30. The van der Waals surface area contributed by atoms with Crippen LogP contribution in [0.25, 0.3) is 0 Å². The van der Waals surface area contributed by atoms with Crippen LogP contribution in [0.5, 0.6) is 0 Å². The Morgan fingerprint density at radius 2 is 1.69 bits per heavy atom. The number of benzene rings is 2. The Kier molecular flexibility index (Phi) is 7.98. The van der Waals surface area contributed by atoms with E-state index < -0.39 is 6.09 Å². The van der Waals surface area contributed by atoms with Crippen molar-refractivity contribution in [2.75, 3.05) is 36.7 Å². The number of hydrogen-bond acceptors (Lipinski definition) is 5. The highest BCUT2D eigenvalue weighted by molar-refractivity contribution is 8.00. The number of aryl methyl sites for hydroxylation is 1. The summed E-state index contributed by atoms with van der Waals surface area (Å²) in [4.78, 5) is 24.8. The van der Waals surface area contributed by atoms with Crippen molar-refractivity contribution in [1.82, 2.24) is 0 Å². The molecule has 2 aromatic carbocycles. The van der Waals surface area contributed by atoms with Crippen molar-refractivity contribution in [3.8, 4) is 0 Å². The third kappa shape index (κ3) is 7.16. The van der Waals surface area contributed by atoms with Crippen LogP contribution >= 0.6 is 11.8 Å². The van der Waals surface area contributed by atoms with Crippen molar-refractivity contribution in [2.45, 2.75) is 11.8 Å². The number of nitrogens with one attached hydrogen (secondary N) is 2. The van der Waals surface area contributed by atoms with Crippen LogP contribution in [-0.4, -0.2) is 38.1 Å². The van der Waals surface area contributed by atoms with Crippen LogP contribution in [0, 0.1) is 6.92 Å². The van der Waals surface area contributed by atoms with Gasteiger partial charge in [0.2, 0.25) is 5.91 Å². The molecular formula is C19H22N2O4S. The van der Waals surface area contributed by atoms with E-state index in [1.807, 2.05) is 31.2 Å². The van der Waals surface area contributed by atoms with E-state index in [9.17, 15) is 9.59 Å². The summed E-state index contributed by atoms with van der Waals surface area (Å²) < 4.78 is 9.75. The number of rotatable bonds is 8. The van der Waals surface area contributed by atoms with Gasteiger partial charge in [-0.2, -0.15) is 0 Å². The van der Waals surface area contributed by atoms with Gasteiger partial charge < -0.3 is 14.8 Å². The maximum Gasteiger partial charge on any atom is 0.411 e. The van der Waals surface area contributed by atoms with Crippen LogP contribution in [0.1, 0.15) is 5.56 Å². The lowest BCUT2D eigenvalue weighted by Crippen LogP contribution is -2.17. The molecule has 0 aliphatic heterocycles. The minimum atomic E-state index is -0.569. The summed E-state index contributed by atoms with van der Waals surface area (Å²) in [7, 11) is 1.53. The van der Waals surface area contributed by atoms with Crippen molar-refractivity contribution >= 4 is 35.1 Å². The summed E-state index contributed by atoms with van der Waals surface area (Å²) in [6, 6.07) is 14.9. The largest absolute Gasteiger partial charge is 0.447 e. The van der Waals surface area contributed by atoms with E-state index in [1.165, 1.54) is 24.4 Å². The summed E-state index contributed by atoms with van der Waals surface area (Å²) in [5.41, 5.74) is 2.33. The normalized spacial score (nSPS) is 10.2. The summed E-state index contributed by atoms with van der Waals surface area (Å²) in [6.07, 6.45) is -0.569. The summed E-state index contributed by atoms with van der Waals surface area (Å²) in [5.74, 6) is 0.190. The molecule has 0 heterocycles. The highest BCUT2D eigenvalue weighted by Gasteiger charge is 2.07. The monoisotopic (exact) mass is 374 g/mol. The Balaban J connectivity index is 1.82. The van der Waals surface area contributed by atoms with Crippen LogP contribution in [0.3, 0.4) is 0 Å². The molecule has 6 nitrogen and oxygen atoms in total. The Bertz CT molecular complexity index is 735. The fraction of sp³-hybridized carbons (Fsp3) is 0.263. The van der Waals surface area contributed by atoms with Gasteiger partial charge in [-0.1, -0.05) is 23.8 Å². The zero-order chi connectivity index (χ0) is 18.8. The summed E-state index contributed by atoms with van der Waals surface area (Å²) in [5, 5.41) is 5.42. The minimum absolute atomic E-state index is 0.115. The van der Waals surface area contributed by atoms with E-state index in [0.29, 0.717) is 23.7 Å². The molecule has 0 aliphatic rings. The van der Waals surface area contributed by atoms with Gasteiger partial charge in [0.05, 0.1) is 12.4 Å². The molecule has 2 rings (SSSR count). The average molecular weight is 374 g/mol. The number of anilines is 2. The summed E-state index contributed by atoms with van der Waals surface area (Å²) >= 11 is 1.47. The van der Waals surface area contributed by atoms with Gasteiger partial charge in [-0.05, 0) is 37.3 Å². The molecule has 7 heteroatoms. The number of hydrogen-bond donors (Lipinski definition) is 2. The molecule has 0 fully saturated rings. The topological polar surface area (TPSA) is 76.7 Å². The molecule has 0 saturated heterocycles. The van der Waals surface area contributed by atoms with Gasteiger partial charge in [0, 0.05) is 23.4 Å². The van der Waals surface area contributed by atoms with Crippen molar-refractivity contribution in [3.05, 3.63) is 54.1 Å². The highest BCUT2D eigenvalue weighted by atomic mass is 32.2. The van der Waals surface area contributed by atoms with Crippen LogP contribution in [-0.2, 0) is 14.3 Å². The molecule has 0 aliphatic carbocycles. The van der Waals surface area contributed by atoms with Crippen LogP contribution in [0.2, 0.25) is 0 Å². The van der Waals surface area contributed by atoms with E-state index >= 15 is 0 Å². The van der Waals surface area contributed by atoms with Gasteiger partial charge in [0.1, 0.15) is 6.61 Å². The molecule has 2 N–H and O–H groups in total. The van der Waals surface area contributed by atoms with Crippen molar-refractivity contribution in [1.29, 1.82) is 0 Å². The second-order valence-electron chi connectivity index (χ2n) is 5.48. The van der Waals surface area contributed by atoms with Gasteiger partial charge >= 0.3 is 6.09 Å². The van der Waals surface area contributed by atoms with Gasteiger partial charge in [0.25, 0.3) is 0 Å². The lowest BCUT2D eigenvalue weighted by atomic mass is 10.2. The number of amides is 2. The zero-order valence-corrected chi connectivity index (χ0v) is 15.6. The van der Waals surface area contributed by atoms with Gasteiger partial charge in [0.15, 0.2) is 0 Å². The predicted molar refractivity (Wildman–Crippen MR) is 104 cm³/mol.